The zero-order valence-corrected chi connectivity index (χ0v) is 15.6. The molecule has 0 bridgehead atoms. The third kappa shape index (κ3) is 3.80. The number of anilines is 1. The highest BCUT2D eigenvalue weighted by molar-refractivity contribution is 7.93. The second-order valence-electron chi connectivity index (χ2n) is 4.63. The van der Waals surface area contributed by atoms with Crippen molar-refractivity contribution in [1.82, 2.24) is 0 Å². The fourth-order valence-corrected chi connectivity index (χ4v) is 4.48. The van der Waals surface area contributed by atoms with E-state index in [0.29, 0.717) is 5.75 Å². The maximum atomic E-state index is 12.6. The molecule has 0 amide bonds. The van der Waals surface area contributed by atoms with Crippen molar-refractivity contribution in [3.8, 4) is 17.2 Å². The van der Waals surface area contributed by atoms with E-state index in [1.807, 2.05) is 0 Å². The van der Waals surface area contributed by atoms with E-state index >= 15 is 0 Å². The average Bonchev–Trinajstić information content (AvgIpc) is 3.10. The average molecular weight is 387 g/mol. The summed E-state index contributed by atoms with van der Waals surface area (Å²) in [6.45, 7) is 0. The molecule has 8 nitrogen and oxygen atoms in total. The molecule has 0 spiro atoms. The van der Waals surface area contributed by atoms with Gasteiger partial charge in [-0.2, -0.15) is 0 Å². The minimum atomic E-state index is -4.02. The summed E-state index contributed by atoms with van der Waals surface area (Å²) in [5.41, 5.74) is 0.191. The molecule has 136 valence electrons. The molecule has 1 N–H and O–H groups in total. The number of esters is 1. The molecule has 0 saturated carbocycles. The van der Waals surface area contributed by atoms with Crippen LogP contribution < -0.4 is 18.9 Å². The van der Waals surface area contributed by atoms with Crippen LogP contribution in [0.5, 0.6) is 17.2 Å². The van der Waals surface area contributed by atoms with Gasteiger partial charge in [0.05, 0.1) is 34.1 Å². The number of rotatable bonds is 7. The lowest BCUT2D eigenvalue weighted by atomic mass is 10.2. The van der Waals surface area contributed by atoms with Crippen LogP contribution in [0, 0.1) is 0 Å². The lowest BCUT2D eigenvalue weighted by Gasteiger charge is -2.15. The van der Waals surface area contributed by atoms with Crippen LogP contribution in [0.25, 0.3) is 0 Å². The fraction of sp³-hybridized carbons (Fsp3) is 0.267. The molecule has 10 heteroatoms. The summed E-state index contributed by atoms with van der Waals surface area (Å²) in [6, 6.07) is 4.23. The highest BCUT2D eigenvalue weighted by atomic mass is 32.2. The monoisotopic (exact) mass is 387 g/mol. The van der Waals surface area contributed by atoms with E-state index in [2.05, 4.69) is 9.46 Å². The van der Waals surface area contributed by atoms with E-state index in [1.54, 1.807) is 0 Å². The first-order valence-corrected chi connectivity index (χ1v) is 9.22. The zero-order valence-electron chi connectivity index (χ0n) is 14.0. The van der Waals surface area contributed by atoms with Crippen molar-refractivity contribution in [2.45, 2.75) is 4.90 Å². The van der Waals surface area contributed by atoms with E-state index in [9.17, 15) is 13.2 Å². The Morgan fingerprint density at radius 3 is 2.12 bits per heavy atom. The van der Waals surface area contributed by atoms with Crippen LogP contribution in [0.1, 0.15) is 9.67 Å². The predicted octanol–water partition coefficient (Wildman–Crippen LogP) is 2.36. The van der Waals surface area contributed by atoms with Crippen LogP contribution in [0.2, 0.25) is 0 Å². The first kappa shape index (κ1) is 18.9. The summed E-state index contributed by atoms with van der Waals surface area (Å²) in [5, 5.41) is 1.50. The van der Waals surface area contributed by atoms with Gasteiger partial charge in [-0.3, -0.25) is 4.72 Å². The van der Waals surface area contributed by atoms with E-state index in [0.717, 1.165) is 11.3 Å². The molecular weight excluding hydrogens is 370 g/mol. The van der Waals surface area contributed by atoms with Crippen molar-refractivity contribution in [2.75, 3.05) is 33.2 Å². The van der Waals surface area contributed by atoms with Gasteiger partial charge in [-0.15, -0.1) is 11.3 Å². The van der Waals surface area contributed by atoms with Gasteiger partial charge >= 0.3 is 5.97 Å². The SMILES string of the molecule is COC(=O)c1sccc1S(=O)(=O)Nc1cc(OC)c(OC)c(OC)c1. The smallest absolute Gasteiger partial charge is 0.349 e. The maximum absolute atomic E-state index is 12.6. The van der Waals surface area contributed by atoms with Crippen LogP contribution in [-0.2, 0) is 14.8 Å². The Morgan fingerprint density at radius 1 is 1.04 bits per heavy atom. The summed E-state index contributed by atoms with van der Waals surface area (Å²) in [6.07, 6.45) is 0. The van der Waals surface area contributed by atoms with Gasteiger partial charge in [0.25, 0.3) is 10.0 Å². The minimum Gasteiger partial charge on any atom is -0.493 e. The highest BCUT2D eigenvalue weighted by Gasteiger charge is 2.25. The quantitative estimate of drug-likeness (QED) is 0.728. The van der Waals surface area contributed by atoms with Gasteiger partial charge in [0, 0.05) is 12.1 Å². The number of hydrogen-bond acceptors (Lipinski definition) is 8. The Balaban J connectivity index is 2.45. The van der Waals surface area contributed by atoms with Gasteiger partial charge in [-0.25, -0.2) is 13.2 Å². The first-order chi connectivity index (χ1) is 11.9. The molecule has 0 radical (unpaired) electrons. The van der Waals surface area contributed by atoms with E-state index < -0.39 is 16.0 Å². The Bertz CT molecular complexity index is 849. The number of hydrogen-bond donors (Lipinski definition) is 1. The summed E-state index contributed by atoms with van der Waals surface area (Å²) in [7, 11) is 1.45. The zero-order chi connectivity index (χ0) is 18.6. The molecule has 25 heavy (non-hydrogen) atoms. The molecule has 0 fully saturated rings. The van der Waals surface area contributed by atoms with Gasteiger partial charge in [0.2, 0.25) is 5.75 Å². The molecule has 0 saturated heterocycles. The molecule has 1 aromatic carbocycles. The summed E-state index contributed by atoms with van der Waals surface area (Å²) in [5.74, 6) is 0.190. The van der Waals surface area contributed by atoms with E-state index in [4.69, 9.17) is 14.2 Å². The molecule has 0 aliphatic rings. The third-order valence-corrected chi connectivity index (χ3v) is 5.65. The van der Waals surface area contributed by atoms with Crippen molar-refractivity contribution in [3.05, 3.63) is 28.5 Å². The van der Waals surface area contributed by atoms with Crippen LogP contribution in [0.4, 0.5) is 5.69 Å². The van der Waals surface area contributed by atoms with Crippen molar-refractivity contribution in [2.24, 2.45) is 0 Å². The van der Waals surface area contributed by atoms with Crippen LogP contribution in [-0.4, -0.2) is 42.8 Å². The van der Waals surface area contributed by atoms with Gasteiger partial charge in [-0.1, -0.05) is 0 Å². The molecule has 0 aliphatic heterocycles. The number of methoxy groups -OCH3 is 4. The maximum Gasteiger partial charge on any atom is 0.349 e. The predicted molar refractivity (Wildman–Crippen MR) is 92.6 cm³/mol. The summed E-state index contributed by atoms with van der Waals surface area (Å²) in [4.78, 5) is 11.5. The largest absolute Gasteiger partial charge is 0.493 e. The first-order valence-electron chi connectivity index (χ1n) is 6.86. The topological polar surface area (TPSA) is 100 Å². The third-order valence-electron chi connectivity index (χ3n) is 3.21. The molecule has 2 aromatic rings. The number of carbonyl (C=O) groups excluding carboxylic acids is 1. The van der Waals surface area contributed by atoms with Gasteiger partial charge in [-0.05, 0) is 11.4 Å². The highest BCUT2D eigenvalue weighted by Crippen LogP contribution is 2.40. The number of ether oxygens (including phenoxy) is 4. The van der Waals surface area contributed by atoms with E-state index in [1.165, 1.54) is 52.0 Å². The number of carbonyl (C=O) groups is 1. The van der Waals surface area contributed by atoms with Crippen LogP contribution in [0.15, 0.2) is 28.5 Å². The number of thiophene rings is 1. The fourth-order valence-electron chi connectivity index (χ4n) is 2.10. The van der Waals surface area contributed by atoms with Crippen LogP contribution >= 0.6 is 11.3 Å². The minimum absolute atomic E-state index is 0.0116. The molecule has 2 rings (SSSR count). The molecule has 1 heterocycles. The normalized spacial score (nSPS) is 10.9. The molecule has 0 atom stereocenters. The number of benzene rings is 1. The Hall–Kier alpha value is -2.46. The van der Waals surface area contributed by atoms with Crippen molar-refractivity contribution in [3.63, 3.8) is 0 Å². The molecule has 1 aromatic heterocycles. The van der Waals surface area contributed by atoms with Gasteiger partial charge in [0.1, 0.15) is 9.77 Å². The standard InChI is InChI=1S/C15H17NO7S2/c1-20-10-7-9(8-11(21-2)13(10)22-3)16-25(18,19)12-5-6-24-14(12)15(17)23-4/h5-8,16H,1-4H3. The second kappa shape index (κ2) is 7.62. The molecule has 0 unspecified atom stereocenters. The van der Waals surface area contributed by atoms with Crippen LogP contribution in [0.3, 0.4) is 0 Å². The van der Waals surface area contributed by atoms with Gasteiger partial charge < -0.3 is 18.9 Å². The molecular formula is C15H17NO7S2. The Labute approximate surface area is 149 Å². The van der Waals surface area contributed by atoms with Crippen molar-refractivity contribution < 1.29 is 32.2 Å². The van der Waals surface area contributed by atoms with E-state index in [-0.39, 0.29) is 27.0 Å². The van der Waals surface area contributed by atoms with Gasteiger partial charge in [0.15, 0.2) is 11.5 Å². The van der Waals surface area contributed by atoms with Crippen molar-refractivity contribution >= 4 is 33.0 Å². The van der Waals surface area contributed by atoms with Crippen molar-refractivity contribution in [1.29, 1.82) is 0 Å². The number of nitrogens with one attached hydrogen (secondary N) is 1. The Kier molecular flexibility index (Phi) is 5.75. The summed E-state index contributed by atoms with van der Waals surface area (Å²) < 4.78 is 47.8. The number of sulfonamides is 1. The lowest BCUT2D eigenvalue weighted by Crippen LogP contribution is -2.16. The summed E-state index contributed by atoms with van der Waals surface area (Å²) >= 11 is 0.978. The second-order valence-corrected chi connectivity index (χ2v) is 7.19. The Morgan fingerprint density at radius 2 is 1.64 bits per heavy atom. The lowest BCUT2D eigenvalue weighted by molar-refractivity contribution is 0.0602. The molecule has 0 aliphatic carbocycles.